The van der Waals surface area contributed by atoms with Gasteiger partial charge in [-0.3, -0.25) is 4.79 Å². The van der Waals surface area contributed by atoms with Crippen LogP contribution in [0.3, 0.4) is 0 Å². The molecule has 1 aliphatic rings. The number of nitrogens with one attached hydrogen (secondary N) is 2. The third-order valence-corrected chi connectivity index (χ3v) is 3.45. The molecule has 0 bridgehead atoms. The van der Waals surface area contributed by atoms with Gasteiger partial charge in [0.1, 0.15) is 17.8 Å². The lowest BCUT2D eigenvalue weighted by Gasteiger charge is -2.08. The first-order valence-electron chi connectivity index (χ1n) is 6.91. The van der Waals surface area contributed by atoms with Crippen molar-refractivity contribution >= 4 is 22.8 Å². The topological polar surface area (TPSA) is 96.7 Å². The first kappa shape index (κ1) is 13.9. The lowest BCUT2D eigenvalue weighted by molar-refractivity contribution is -0.116. The van der Waals surface area contributed by atoms with Crippen LogP contribution < -0.4 is 11.1 Å². The van der Waals surface area contributed by atoms with E-state index >= 15 is 0 Å². The van der Waals surface area contributed by atoms with Crippen LogP contribution in [0.25, 0.3) is 11.0 Å². The zero-order chi connectivity index (χ0) is 15.5. The molecule has 0 fully saturated rings. The van der Waals surface area contributed by atoms with Crippen molar-refractivity contribution in [2.75, 3.05) is 12.8 Å². The SMILES string of the molecule is CNC(=O)C1=CCCC(C#Cc2c[nH]c3ncnc(N)c23)=C1. The van der Waals surface area contributed by atoms with Crippen LogP contribution in [0, 0.1) is 11.8 Å². The summed E-state index contributed by atoms with van der Waals surface area (Å²) in [5.74, 6) is 6.51. The van der Waals surface area contributed by atoms with Crippen LogP contribution in [0.4, 0.5) is 5.82 Å². The third-order valence-electron chi connectivity index (χ3n) is 3.45. The average Bonchev–Trinajstić information content (AvgIpc) is 2.97. The lowest BCUT2D eigenvalue weighted by atomic mass is 9.99. The van der Waals surface area contributed by atoms with Crippen molar-refractivity contribution in [3.8, 4) is 11.8 Å². The van der Waals surface area contributed by atoms with Gasteiger partial charge in [-0.2, -0.15) is 0 Å². The monoisotopic (exact) mass is 293 g/mol. The first-order chi connectivity index (χ1) is 10.7. The molecular weight excluding hydrogens is 278 g/mol. The molecule has 0 saturated carbocycles. The van der Waals surface area contributed by atoms with Gasteiger partial charge >= 0.3 is 0 Å². The van der Waals surface area contributed by atoms with Crippen LogP contribution in [0.1, 0.15) is 18.4 Å². The zero-order valence-corrected chi connectivity index (χ0v) is 12.1. The van der Waals surface area contributed by atoms with Gasteiger partial charge in [0.05, 0.1) is 10.9 Å². The van der Waals surface area contributed by atoms with Crippen molar-refractivity contribution in [3.63, 3.8) is 0 Å². The highest BCUT2D eigenvalue weighted by Gasteiger charge is 2.10. The van der Waals surface area contributed by atoms with Gasteiger partial charge in [0.25, 0.3) is 5.91 Å². The maximum absolute atomic E-state index is 11.7. The van der Waals surface area contributed by atoms with Crippen molar-refractivity contribution in [2.45, 2.75) is 12.8 Å². The van der Waals surface area contributed by atoms with E-state index in [2.05, 4.69) is 32.1 Å². The lowest BCUT2D eigenvalue weighted by Crippen LogP contribution is -2.20. The summed E-state index contributed by atoms with van der Waals surface area (Å²) in [5.41, 5.74) is 8.87. The van der Waals surface area contributed by atoms with Gasteiger partial charge < -0.3 is 16.0 Å². The van der Waals surface area contributed by atoms with Crippen molar-refractivity contribution < 1.29 is 4.79 Å². The molecule has 4 N–H and O–H groups in total. The minimum atomic E-state index is -0.0938. The van der Waals surface area contributed by atoms with Gasteiger partial charge in [0.2, 0.25) is 0 Å². The van der Waals surface area contributed by atoms with Gasteiger partial charge in [0.15, 0.2) is 0 Å². The molecule has 2 heterocycles. The number of amides is 1. The molecule has 2 aromatic heterocycles. The summed E-state index contributed by atoms with van der Waals surface area (Å²) in [6.07, 6.45) is 8.55. The highest BCUT2D eigenvalue weighted by molar-refractivity contribution is 5.96. The number of rotatable bonds is 1. The molecule has 0 unspecified atom stereocenters. The van der Waals surface area contributed by atoms with Crippen LogP contribution in [-0.4, -0.2) is 27.9 Å². The van der Waals surface area contributed by atoms with E-state index in [0.717, 1.165) is 29.4 Å². The summed E-state index contributed by atoms with van der Waals surface area (Å²) in [6.45, 7) is 0. The van der Waals surface area contributed by atoms with Crippen LogP contribution in [0.2, 0.25) is 0 Å². The molecule has 2 aromatic rings. The third kappa shape index (κ3) is 2.56. The number of fused-ring (bicyclic) bond motifs is 1. The van der Waals surface area contributed by atoms with E-state index in [0.29, 0.717) is 17.0 Å². The second kappa shape index (κ2) is 5.74. The predicted molar refractivity (Wildman–Crippen MR) is 84.6 cm³/mol. The average molecular weight is 293 g/mol. The van der Waals surface area contributed by atoms with Crippen LogP contribution >= 0.6 is 0 Å². The number of carbonyl (C=O) groups excluding carboxylic acids is 1. The maximum atomic E-state index is 11.7. The maximum Gasteiger partial charge on any atom is 0.250 e. The number of aromatic nitrogens is 3. The molecule has 0 saturated heterocycles. The number of nitrogen functional groups attached to an aromatic ring is 1. The fourth-order valence-corrected chi connectivity index (χ4v) is 2.34. The highest BCUT2D eigenvalue weighted by atomic mass is 16.1. The highest BCUT2D eigenvalue weighted by Crippen LogP contribution is 2.21. The van der Waals surface area contributed by atoms with Crippen molar-refractivity contribution in [3.05, 3.63) is 41.4 Å². The second-order valence-electron chi connectivity index (χ2n) is 4.88. The molecule has 0 atom stereocenters. The van der Waals surface area contributed by atoms with E-state index in [1.807, 2.05) is 12.2 Å². The van der Waals surface area contributed by atoms with Crippen LogP contribution in [-0.2, 0) is 4.79 Å². The Hall–Kier alpha value is -3.07. The number of hydrogen-bond acceptors (Lipinski definition) is 4. The van der Waals surface area contributed by atoms with Gasteiger partial charge in [-0.1, -0.05) is 17.9 Å². The van der Waals surface area contributed by atoms with Crippen molar-refractivity contribution in [1.29, 1.82) is 0 Å². The summed E-state index contributed by atoms with van der Waals surface area (Å²) in [6, 6.07) is 0. The Morgan fingerprint density at radius 3 is 3.09 bits per heavy atom. The number of allylic oxidation sites excluding steroid dienone is 2. The Morgan fingerprint density at radius 1 is 1.41 bits per heavy atom. The largest absolute Gasteiger partial charge is 0.383 e. The molecule has 0 spiro atoms. The standard InChI is InChI=1S/C16H15N5O/c1-18-16(22)11-4-2-3-10(7-11)5-6-12-8-19-15-13(12)14(17)20-9-21-15/h4,7-9H,2-3H2,1H3,(H,18,22)(H3,17,19,20,21). The number of nitrogens with zero attached hydrogens (tertiary/aromatic N) is 2. The van der Waals surface area contributed by atoms with E-state index in [1.165, 1.54) is 6.33 Å². The van der Waals surface area contributed by atoms with E-state index in [-0.39, 0.29) is 5.91 Å². The molecular formula is C16H15N5O. The second-order valence-corrected chi connectivity index (χ2v) is 4.88. The minimum Gasteiger partial charge on any atom is -0.383 e. The summed E-state index contributed by atoms with van der Waals surface area (Å²) in [7, 11) is 1.62. The Morgan fingerprint density at radius 2 is 2.27 bits per heavy atom. The number of nitrogens with two attached hydrogens (primary N) is 1. The molecule has 0 radical (unpaired) electrons. The smallest absolute Gasteiger partial charge is 0.250 e. The number of carbonyl (C=O) groups is 1. The van der Waals surface area contributed by atoms with E-state index < -0.39 is 0 Å². The molecule has 1 amide bonds. The van der Waals surface area contributed by atoms with Crippen LogP contribution in [0.15, 0.2) is 35.8 Å². The van der Waals surface area contributed by atoms with Crippen molar-refractivity contribution in [1.82, 2.24) is 20.3 Å². The molecule has 0 aromatic carbocycles. The molecule has 6 heteroatoms. The van der Waals surface area contributed by atoms with E-state index in [9.17, 15) is 4.79 Å². The minimum absolute atomic E-state index is 0.0938. The Labute approximate surface area is 127 Å². The zero-order valence-electron chi connectivity index (χ0n) is 12.1. The molecule has 6 nitrogen and oxygen atoms in total. The summed E-state index contributed by atoms with van der Waals surface area (Å²) in [4.78, 5) is 22.8. The number of hydrogen-bond donors (Lipinski definition) is 3. The number of likely N-dealkylation sites (N-methyl/N-ethyl adjacent to an activating group) is 1. The Balaban J connectivity index is 1.94. The van der Waals surface area contributed by atoms with Crippen molar-refractivity contribution in [2.24, 2.45) is 0 Å². The Bertz CT molecular complexity index is 864. The molecule has 110 valence electrons. The summed E-state index contributed by atoms with van der Waals surface area (Å²) < 4.78 is 0. The molecule has 3 rings (SSSR count). The summed E-state index contributed by atoms with van der Waals surface area (Å²) >= 11 is 0. The van der Waals surface area contributed by atoms with Crippen LogP contribution in [0.5, 0.6) is 0 Å². The predicted octanol–water partition coefficient (Wildman–Crippen LogP) is 1.28. The number of anilines is 1. The molecule has 0 aliphatic heterocycles. The molecule has 1 aliphatic carbocycles. The van der Waals surface area contributed by atoms with Gasteiger partial charge in [-0.25, -0.2) is 9.97 Å². The Kier molecular flexibility index (Phi) is 3.62. The van der Waals surface area contributed by atoms with E-state index in [1.54, 1.807) is 13.2 Å². The van der Waals surface area contributed by atoms with Gasteiger partial charge in [0, 0.05) is 24.4 Å². The summed E-state index contributed by atoms with van der Waals surface area (Å²) in [5, 5.41) is 3.35. The van der Waals surface area contributed by atoms with E-state index in [4.69, 9.17) is 5.73 Å². The van der Waals surface area contributed by atoms with Gasteiger partial charge in [-0.15, -0.1) is 0 Å². The first-order valence-corrected chi connectivity index (χ1v) is 6.91. The van der Waals surface area contributed by atoms with Gasteiger partial charge in [-0.05, 0) is 18.9 Å². The fraction of sp³-hybridized carbons (Fsp3) is 0.188. The molecule has 22 heavy (non-hydrogen) atoms. The number of H-pyrrole nitrogens is 1. The quantitative estimate of drug-likeness (QED) is 0.690. The normalized spacial score (nSPS) is 13.9. The fourth-order valence-electron chi connectivity index (χ4n) is 2.34. The number of aromatic amines is 1.